The predicted octanol–water partition coefficient (Wildman–Crippen LogP) is 2.59. The van der Waals surface area contributed by atoms with Crippen molar-refractivity contribution in [3.8, 4) is 6.07 Å². The minimum absolute atomic E-state index is 0.0518. The van der Waals surface area contributed by atoms with Crippen LogP contribution in [-0.4, -0.2) is 23.4 Å². The Kier molecular flexibility index (Phi) is 3.49. The summed E-state index contributed by atoms with van der Waals surface area (Å²) < 4.78 is 0. The molecule has 1 aliphatic rings. The van der Waals surface area contributed by atoms with E-state index in [0.29, 0.717) is 6.42 Å². The summed E-state index contributed by atoms with van der Waals surface area (Å²) in [7, 11) is 1.77. The molecule has 2 rings (SSSR count). The Morgan fingerprint density at radius 3 is 2.82 bits per heavy atom. The van der Waals surface area contributed by atoms with Gasteiger partial charge in [0.05, 0.1) is 12.5 Å². The van der Waals surface area contributed by atoms with E-state index in [1.807, 2.05) is 17.5 Å². The molecule has 3 nitrogen and oxygen atoms in total. The Morgan fingerprint density at radius 1 is 1.59 bits per heavy atom. The molecular formula is C13H16N2OS. The molecule has 4 heteroatoms. The van der Waals surface area contributed by atoms with Crippen LogP contribution in [0.2, 0.25) is 0 Å². The Labute approximate surface area is 106 Å². The second-order valence-corrected chi connectivity index (χ2v) is 5.59. The summed E-state index contributed by atoms with van der Waals surface area (Å²) >= 11 is 1.59. The van der Waals surface area contributed by atoms with Gasteiger partial charge < -0.3 is 4.90 Å². The normalized spacial score (nSPS) is 17.6. The molecule has 1 aliphatic carbocycles. The van der Waals surface area contributed by atoms with Gasteiger partial charge in [-0.1, -0.05) is 6.07 Å². The van der Waals surface area contributed by atoms with Crippen LogP contribution in [0.3, 0.4) is 0 Å². The monoisotopic (exact) mass is 248 g/mol. The van der Waals surface area contributed by atoms with Gasteiger partial charge in [0.1, 0.15) is 5.54 Å². The zero-order valence-corrected chi connectivity index (χ0v) is 10.8. The first-order valence-corrected chi connectivity index (χ1v) is 6.76. The number of likely N-dealkylation sites (N-methyl/N-ethyl adjacent to an activating group) is 1. The van der Waals surface area contributed by atoms with Gasteiger partial charge in [0.15, 0.2) is 0 Å². The highest BCUT2D eigenvalue weighted by Crippen LogP contribution is 2.34. The molecule has 0 spiro atoms. The molecule has 1 fully saturated rings. The van der Waals surface area contributed by atoms with E-state index in [0.717, 1.165) is 30.6 Å². The van der Waals surface area contributed by atoms with Gasteiger partial charge >= 0.3 is 0 Å². The third kappa shape index (κ3) is 2.34. The Bertz CT molecular complexity index is 427. The Balaban J connectivity index is 2.06. The van der Waals surface area contributed by atoms with Gasteiger partial charge in [0.2, 0.25) is 5.91 Å². The van der Waals surface area contributed by atoms with Crippen molar-refractivity contribution in [2.75, 3.05) is 7.05 Å². The van der Waals surface area contributed by atoms with Crippen LogP contribution in [-0.2, 0) is 11.2 Å². The predicted molar refractivity (Wildman–Crippen MR) is 67.6 cm³/mol. The summed E-state index contributed by atoms with van der Waals surface area (Å²) in [5, 5.41) is 11.3. The number of hydrogen-bond donors (Lipinski definition) is 0. The second kappa shape index (κ2) is 4.89. The molecule has 17 heavy (non-hydrogen) atoms. The fraction of sp³-hybridized carbons (Fsp3) is 0.538. The van der Waals surface area contributed by atoms with Crippen LogP contribution in [0.1, 0.15) is 30.6 Å². The van der Waals surface area contributed by atoms with E-state index in [4.69, 9.17) is 0 Å². The smallest absolute Gasteiger partial charge is 0.228 e. The minimum Gasteiger partial charge on any atom is -0.327 e. The molecule has 1 aromatic rings. The van der Waals surface area contributed by atoms with E-state index in [2.05, 4.69) is 6.07 Å². The quantitative estimate of drug-likeness (QED) is 0.825. The zero-order valence-electron chi connectivity index (χ0n) is 9.98. The summed E-state index contributed by atoms with van der Waals surface area (Å²) in [6, 6.07) is 6.26. The van der Waals surface area contributed by atoms with Gasteiger partial charge in [0, 0.05) is 11.9 Å². The standard InChI is InChI=1S/C13H16N2OS/c1-15(13(10-14)6-2-3-7-13)12(16)9-11-5-4-8-17-11/h4-5,8H,2-3,6-7,9H2,1H3. The summed E-state index contributed by atoms with van der Waals surface area (Å²) in [5.74, 6) is 0.0518. The molecule has 1 amide bonds. The number of amides is 1. The highest BCUT2D eigenvalue weighted by molar-refractivity contribution is 7.10. The number of rotatable bonds is 3. The Morgan fingerprint density at radius 2 is 2.29 bits per heavy atom. The topological polar surface area (TPSA) is 44.1 Å². The number of nitriles is 1. The molecule has 0 aromatic carbocycles. The summed E-state index contributed by atoms with van der Waals surface area (Å²) in [6.45, 7) is 0. The fourth-order valence-corrected chi connectivity index (χ4v) is 3.10. The summed E-state index contributed by atoms with van der Waals surface area (Å²) in [4.78, 5) is 14.9. The lowest BCUT2D eigenvalue weighted by Crippen LogP contribution is -2.47. The van der Waals surface area contributed by atoms with Crippen LogP contribution in [0.25, 0.3) is 0 Å². The van der Waals surface area contributed by atoms with Crippen molar-refractivity contribution in [1.29, 1.82) is 5.26 Å². The average molecular weight is 248 g/mol. The molecule has 0 bridgehead atoms. The van der Waals surface area contributed by atoms with Crippen LogP contribution in [0.15, 0.2) is 17.5 Å². The first kappa shape index (κ1) is 12.1. The lowest BCUT2D eigenvalue weighted by atomic mass is 9.97. The SMILES string of the molecule is CN(C(=O)Cc1cccs1)C1(C#N)CCCC1. The highest BCUT2D eigenvalue weighted by atomic mass is 32.1. The maximum Gasteiger partial charge on any atom is 0.228 e. The maximum absolute atomic E-state index is 12.1. The highest BCUT2D eigenvalue weighted by Gasteiger charge is 2.40. The van der Waals surface area contributed by atoms with Crippen molar-refractivity contribution in [2.45, 2.75) is 37.6 Å². The van der Waals surface area contributed by atoms with Crippen molar-refractivity contribution in [1.82, 2.24) is 4.90 Å². The third-order valence-electron chi connectivity index (χ3n) is 3.56. The van der Waals surface area contributed by atoms with Gasteiger partial charge in [0.25, 0.3) is 0 Å². The van der Waals surface area contributed by atoms with Crippen molar-refractivity contribution in [3.05, 3.63) is 22.4 Å². The lowest BCUT2D eigenvalue weighted by molar-refractivity contribution is -0.133. The number of carbonyl (C=O) groups excluding carboxylic acids is 1. The van der Waals surface area contributed by atoms with Crippen LogP contribution < -0.4 is 0 Å². The van der Waals surface area contributed by atoms with Gasteiger partial charge in [-0.2, -0.15) is 5.26 Å². The van der Waals surface area contributed by atoms with Gasteiger partial charge in [-0.25, -0.2) is 0 Å². The third-order valence-corrected chi connectivity index (χ3v) is 4.44. The molecule has 90 valence electrons. The van der Waals surface area contributed by atoms with Crippen LogP contribution >= 0.6 is 11.3 Å². The molecule has 0 atom stereocenters. The van der Waals surface area contributed by atoms with Crippen molar-refractivity contribution >= 4 is 17.2 Å². The molecule has 1 saturated carbocycles. The van der Waals surface area contributed by atoms with E-state index < -0.39 is 5.54 Å². The first-order chi connectivity index (χ1) is 8.18. The zero-order chi connectivity index (χ0) is 12.3. The molecule has 1 aromatic heterocycles. The maximum atomic E-state index is 12.1. The van der Waals surface area contributed by atoms with Gasteiger partial charge in [-0.3, -0.25) is 4.79 Å². The van der Waals surface area contributed by atoms with E-state index in [9.17, 15) is 10.1 Å². The molecule has 0 radical (unpaired) electrons. The number of carbonyl (C=O) groups is 1. The molecule has 1 heterocycles. The van der Waals surface area contributed by atoms with Crippen LogP contribution in [0.4, 0.5) is 0 Å². The number of thiophene rings is 1. The van der Waals surface area contributed by atoms with Crippen LogP contribution in [0.5, 0.6) is 0 Å². The molecule has 0 aliphatic heterocycles. The van der Waals surface area contributed by atoms with Crippen molar-refractivity contribution in [2.24, 2.45) is 0 Å². The molecule has 0 saturated heterocycles. The van der Waals surface area contributed by atoms with Gasteiger partial charge in [-0.15, -0.1) is 11.3 Å². The minimum atomic E-state index is -0.547. The molecule has 0 unspecified atom stereocenters. The van der Waals surface area contributed by atoms with E-state index >= 15 is 0 Å². The number of nitrogens with zero attached hydrogens (tertiary/aromatic N) is 2. The lowest BCUT2D eigenvalue weighted by Gasteiger charge is -2.32. The number of hydrogen-bond acceptors (Lipinski definition) is 3. The molecular weight excluding hydrogens is 232 g/mol. The summed E-state index contributed by atoms with van der Waals surface area (Å²) in [6.07, 6.45) is 4.14. The van der Waals surface area contributed by atoms with E-state index in [-0.39, 0.29) is 5.91 Å². The Hall–Kier alpha value is -1.34. The van der Waals surface area contributed by atoms with E-state index in [1.54, 1.807) is 23.3 Å². The largest absolute Gasteiger partial charge is 0.327 e. The van der Waals surface area contributed by atoms with Gasteiger partial charge in [-0.05, 0) is 37.1 Å². The molecule has 0 N–H and O–H groups in total. The average Bonchev–Trinajstić information content (AvgIpc) is 2.99. The van der Waals surface area contributed by atoms with Crippen molar-refractivity contribution < 1.29 is 4.79 Å². The summed E-state index contributed by atoms with van der Waals surface area (Å²) in [5.41, 5.74) is -0.547. The van der Waals surface area contributed by atoms with E-state index in [1.165, 1.54) is 0 Å². The van der Waals surface area contributed by atoms with Crippen LogP contribution in [0, 0.1) is 11.3 Å². The first-order valence-electron chi connectivity index (χ1n) is 5.88. The van der Waals surface area contributed by atoms with Crippen molar-refractivity contribution in [3.63, 3.8) is 0 Å². The fourth-order valence-electron chi connectivity index (χ4n) is 2.40. The second-order valence-electron chi connectivity index (χ2n) is 4.56.